The van der Waals surface area contributed by atoms with Gasteiger partial charge in [-0.2, -0.15) is 0 Å². The van der Waals surface area contributed by atoms with Gasteiger partial charge in [-0.1, -0.05) is 12.1 Å². The van der Waals surface area contributed by atoms with Crippen molar-refractivity contribution >= 4 is 0 Å². The van der Waals surface area contributed by atoms with E-state index in [2.05, 4.69) is 5.32 Å². The number of hydrogen-bond acceptors (Lipinski definition) is 2. The van der Waals surface area contributed by atoms with Gasteiger partial charge in [0.15, 0.2) is 0 Å². The molecule has 2 rings (SSSR count). The molecule has 1 unspecified atom stereocenters. The summed E-state index contributed by atoms with van der Waals surface area (Å²) in [4.78, 5) is 0. The van der Waals surface area contributed by atoms with E-state index in [-0.39, 0.29) is 18.5 Å². The predicted molar refractivity (Wildman–Crippen MR) is 61.8 cm³/mol. The molecule has 0 radical (unpaired) electrons. The standard InChI is InChI=1S/C13H18FNO/c1-9(2)15-13(8-16)7-6-10-11(13)4-3-5-12(10)14/h3-5,9,15-16H,6-8H2,1-2H3. The van der Waals surface area contributed by atoms with E-state index in [1.807, 2.05) is 19.9 Å². The average molecular weight is 223 g/mol. The Morgan fingerprint density at radius 2 is 2.25 bits per heavy atom. The molecule has 0 amide bonds. The van der Waals surface area contributed by atoms with Gasteiger partial charge in [-0.05, 0) is 43.9 Å². The summed E-state index contributed by atoms with van der Waals surface area (Å²) in [5.74, 6) is -0.154. The Labute approximate surface area is 95.5 Å². The first-order chi connectivity index (χ1) is 7.59. The molecule has 2 N–H and O–H groups in total. The highest BCUT2D eigenvalue weighted by Crippen LogP contribution is 2.38. The van der Waals surface area contributed by atoms with Gasteiger partial charge in [0.05, 0.1) is 12.1 Å². The second-order valence-electron chi connectivity index (χ2n) is 4.81. The van der Waals surface area contributed by atoms with Gasteiger partial charge in [0.1, 0.15) is 5.82 Å². The molecule has 0 fully saturated rings. The molecule has 1 aliphatic rings. The highest BCUT2D eigenvalue weighted by molar-refractivity contribution is 5.40. The van der Waals surface area contributed by atoms with Crippen LogP contribution in [-0.2, 0) is 12.0 Å². The monoisotopic (exact) mass is 223 g/mol. The van der Waals surface area contributed by atoms with Crippen LogP contribution >= 0.6 is 0 Å². The first-order valence-electron chi connectivity index (χ1n) is 5.75. The predicted octanol–water partition coefficient (Wildman–Crippen LogP) is 1.96. The average Bonchev–Trinajstić information content (AvgIpc) is 2.59. The van der Waals surface area contributed by atoms with Gasteiger partial charge in [0, 0.05) is 6.04 Å². The number of nitrogens with one attached hydrogen (secondary N) is 1. The van der Waals surface area contributed by atoms with E-state index >= 15 is 0 Å². The zero-order valence-electron chi connectivity index (χ0n) is 9.76. The third-order valence-electron chi connectivity index (χ3n) is 3.27. The Balaban J connectivity index is 2.43. The number of hydrogen-bond donors (Lipinski definition) is 2. The molecule has 1 aromatic rings. The fourth-order valence-corrected chi connectivity index (χ4v) is 2.65. The molecular formula is C13H18FNO. The minimum absolute atomic E-state index is 0.0155. The van der Waals surface area contributed by atoms with Crippen molar-refractivity contribution in [2.45, 2.75) is 38.3 Å². The third-order valence-corrected chi connectivity index (χ3v) is 3.27. The van der Waals surface area contributed by atoms with Crippen molar-refractivity contribution in [3.05, 3.63) is 35.1 Å². The second-order valence-corrected chi connectivity index (χ2v) is 4.81. The number of benzene rings is 1. The van der Waals surface area contributed by atoms with Gasteiger partial charge >= 0.3 is 0 Å². The van der Waals surface area contributed by atoms with Crippen LogP contribution in [0.15, 0.2) is 18.2 Å². The van der Waals surface area contributed by atoms with Crippen LogP contribution in [0.5, 0.6) is 0 Å². The molecule has 0 aliphatic heterocycles. The molecule has 2 nitrogen and oxygen atoms in total. The van der Waals surface area contributed by atoms with Crippen LogP contribution < -0.4 is 5.32 Å². The Hall–Kier alpha value is -0.930. The Kier molecular flexibility index (Phi) is 3.00. The van der Waals surface area contributed by atoms with E-state index in [9.17, 15) is 9.50 Å². The lowest BCUT2D eigenvalue weighted by Gasteiger charge is -2.32. The molecule has 0 saturated carbocycles. The maximum Gasteiger partial charge on any atom is 0.126 e. The summed E-state index contributed by atoms with van der Waals surface area (Å²) < 4.78 is 13.6. The quantitative estimate of drug-likeness (QED) is 0.821. The summed E-state index contributed by atoms with van der Waals surface area (Å²) in [6.45, 7) is 4.09. The van der Waals surface area contributed by atoms with E-state index in [0.29, 0.717) is 6.42 Å². The first-order valence-corrected chi connectivity index (χ1v) is 5.75. The zero-order chi connectivity index (χ0) is 11.8. The van der Waals surface area contributed by atoms with Crippen LogP contribution in [0.3, 0.4) is 0 Å². The van der Waals surface area contributed by atoms with Crippen LogP contribution in [0.4, 0.5) is 4.39 Å². The molecule has 1 atom stereocenters. The summed E-state index contributed by atoms with van der Waals surface area (Å²) in [6.07, 6.45) is 1.46. The van der Waals surface area contributed by atoms with E-state index in [0.717, 1.165) is 17.5 Å². The first kappa shape index (κ1) is 11.6. The van der Waals surface area contributed by atoms with Crippen molar-refractivity contribution in [3.63, 3.8) is 0 Å². The maximum absolute atomic E-state index is 13.6. The molecule has 16 heavy (non-hydrogen) atoms. The minimum atomic E-state index is -0.453. The Morgan fingerprint density at radius 1 is 1.50 bits per heavy atom. The number of halogens is 1. The van der Waals surface area contributed by atoms with E-state index in [1.54, 1.807) is 6.07 Å². The van der Waals surface area contributed by atoms with Crippen molar-refractivity contribution in [1.29, 1.82) is 0 Å². The third kappa shape index (κ3) is 1.74. The molecule has 0 bridgehead atoms. The number of aliphatic hydroxyl groups excluding tert-OH is 1. The molecule has 1 aromatic carbocycles. The molecule has 3 heteroatoms. The van der Waals surface area contributed by atoms with Gasteiger partial charge in [-0.15, -0.1) is 0 Å². The van der Waals surface area contributed by atoms with Crippen LogP contribution in [0, 0.1) is 5.82 Å². The van der Waals surface area contributed by atoms with E-state index < -0.39 is 5.54 Å². The Morgan fingerprint density at radius 3 is 2.88 bits per heavy atom. The summed E-state index contributed by atoms with van der Waals surface area (Å²) in [6, 6.07) is 5.38. The topological polar surface area (TPSA) is 32.3 Å². The zero-order valence-corrected chi connectivity index (χ0v) is 9.76. The van der Waals surface area contributed by atoms with Crippen molar-refractivity contribution < 1.29 is 9.50 Å². The smallest absolute Gasteiger partial charge is 0.126 e. The van der Waals surface area contributed by atoms with Crippen LogP contribution in [0.25, 0.3) is 0 Å². The molecule has 0 aromatic heterocycles. The summed E-state index contributed by atoms with van der Waals surface area (Å²) in [7, 11) is 0. The lowest BCUT2D eigenvalue weighted by atomic mass is 9.92. The molecule has 88 valence electrons. The largest absolute Gasteiger partial charge is 0.394 e. The van der Waals surface area contributed by atoms with Gasteiger partial charge in [0.25, 0.3) is 0 Å². The van der Waals surface area contributed by atoms with Crippen molar-refractivity contribution in [2.24, 2.45) is 0 Å². The normalized spacial score (nSPS) is 23.8. The molecular weight excluding hydrogens is 205 g/mol. The maximum atomic E-state index is 13.6. The van der Waals surface area contributed by atoms with Crippen LogP contribution in [0.1, 0.15) is 31.4 Å². The fourth-order valence-electron chi connectivity index (χ4n) is 2.65. The van der Waals surface area contributed by atoms with Crippen LogP contribution in [-0.4, -0.2) is 17.8 Å². The minimum Gasteiger partial charge on any atom is -0.394 e. The molecule has 0 heterocycles. The van der Waals surface area contributed by atoms with Gasteiger partial charge in [-0.25, -0.2) is 4.39 Å². The number of aliphatic hydroxyl groups is 1. The second kappa shape index (κ2) is 4.15. The molecule has 0 saturated heterocycles. The SMILES string of the molecule is CC(C)NC1(CO)CCc2c(F)cccc21. The van der Waals surface area contributed by atoms with E-state index in [1.165, 1.54) is 6.07 Å². The highest BCUT2D eigenvalue weighted by atomic mass is 19.1. The van der Waals surface area contributed by atoms with Gasteiger partial charge in [0.2, 0.25) is 0 Å². The Bertz CT molecular complexity index is 392. The number of rotatable bonds is 3. The number of fused-ring (bicyclic) bond motifs is 1. The van der Waals surface area contributed by atoms with Crippen molar-refractivity contribution in [3.8, 4) is 0 Å². The van der Waals surface area contributed by atoms with Crippen LogP contribution in [0.2, 0.25) is 0 Å². The fraction of sp³-hybridized carbons (Fsp3) is 0.538. The molecule has 1 aliphatic carbocycles. The molecule has 0 spiro atoms. The van der Waals surface area contributed by atoms with E-state index in [4.69, 9.17) is 0 Å². The lowest BCUT2D eigenvalue weighted by Crippen LogP contribution is -2.47. The summed E-state index contributed by atoms with van der Waals surface area (Å²) in [5.41, 5.74) is 1.22. The van der Waals surface area contributed by atoms with Gasteiger partial charge in [-0.3, -0.25) is 0 Å². The van der Waals surface area contributed by atoms with Gasteiger partial charge < -0.3 is 10.4 Å². The van der Waals surface area contributed by atoms with Crippen molar-refractivity contribution in [1.82, 2.24) is 5.32 Å². The lowest BCUT2D eigenvalue weighted by molar-refractivity contribution is 0.151. The summed E-state index contributed by atoms with van der Waals surface area (Å²) in [5, 5.41) is 13.0. The summed E-state index contributed by atoms with van der Waals surface area (Å²) >= 11 is 0. The van der Waals surface area contributed by atoms with Crippen molar-refractivity contribution in [2.75, 3.05) is 6.61 Å². The highest BCUT2D eigenvalue weighted by Gasteiger charge is 2.39.